The molecule has 0 aliphatic rings. The van der Waals surface area contributed by atoms with Crippen molar-refractivity contribution in [1.29, 1.82) is 0 Å². The molecule has 0 bridgehead atoms. The van der Waals surface area contributed by atoms with E-state index in [-0.39, 0.29) is 11.5 Å². The van der Waals surface area contributed by atoms with Crippen molar-refractivity contribution in [3.8, 4) is 11.6 Å². The molecular formula is C18H18ClN5O3. The van der Waals surface area contributed by atoms with Crippen LogP contribution in [0.3, 0.4) is 0 Å². The third-order valence-electron chi connectivity index (χ3n) is 4.28. The minimum Gasteiger partial charge on any atom is -0.476 e. The lowest BCUT2D eigenvalue weighted by Crippen LogP contribution is -2.21. The van der Waals surface area contributed by atoms with Crippen LogP contribution < -0.4 is 16.2 Å². The molecule has 0 amide bonds. The first-order valence-electron chi connectivity index (χ1n) is 8.42. The van der Waals surface area contributed by atoms with Gasteiger partial charge in [0.15, 0.2) is 11.4 Å². The lowest BCUT2D eigenvalue weighted by atomic mass is 10.2. The average molecular weight is 388 g/mol. The largest absolute Gasteiger partial charge is 0.476 e. The molecule has 27 heavy (non-hydrogen) atoms. The molecule has 1 aromatic carbocycles. The summed E-state index contributed by atoms with van der Waals surface area (Å²) in [5.41, 5.74) is 7.94. The Hall–Kier alpha value is -3.00. The van der Waals surface area contributed by atoms with E-state index in [0.717, 1.165) is 0 Å². The van der Waals surface area contributed by atoms with Crippen molar-refractivity contribution in [3.05, 3.63) is 39.9 Å². The van der Waals surface area contributed by atoms with E-state index in [4.69, 9.17) is 26.6 Å². The van der Waals surface area contributed by atoms with Gasteiger partial charge < -0.3 is 15.0 Å². The summed E-state index contributed by atoms with van der Waals surface area (Å²) in [4.78, 5) is 17.1. The van der Waals surface area contributed by atoms with Gasteiger partial charge in [0.2, 0.25) is 5.88 Å². The first kappa shape index (κ1) is 17.4. The van der Waals surface area contributed by atoms with Gasteiger partial charge in [-0.2, -0.15) is 0 Å². The van der Waals surface area contributed by atoms with Gasteiger partial charge in [-0.1, -0.05) is 30.6 Å². The van der Waals surface area contributed by atoms with Crippen LogP contribution in [0, 0.1) is 5.92 Å². The molecule has 8 nitrogen and oxygen atoms in total. The average Bonchev–Trinajstić information content (AvgIpc) is 3.10. The Balaban J connectivity index is 1.88. The van der Waals surface area contributed by atoms with Crippen molar-refractivity contribution in [1.82, 2.24) is 19.3 Å². The van der Waals surface area contributed by atoms with E-state index in [0.29, 0.717) is 51.1 Å². The number of pyridine rings is 1. The zero-order valence-electron chi connectivity index (χ0n) is 15.1. The Labute approximate surface area is 159 Å². The first-order valence-corrected chi connectivity index (χ1v) is 8.79. The van der Waals surface area contributed by atoms with Gasteiger partial charge in [-0.05, 0) is 18.1 Å². The molecule has 0 unspecified atom stereocenters. The highest BCUT2D eigenvalue weighted by molar-refractivity contribution is 6.32. The highest BCUT2D eigenvalue weighted by atomic mass is 35.5. The monoisotopic (exact) mass is 387 g/mol. The van der Waals surface area contributed by atoms with Crippen molar-refractivity contribution < 1.29 is 9.26 Å². The van der Waals surface area contributed by atoms with Gasteiger partial charge in [-0.15, -0.1) is 0 Å². The number of ether oxygens (including phenoxy) is 1. The quantitative estimate of drug-likeness (QED) is 0.577. The summed E-state index contributed by atoms with van der Waals surface area (Å²) < 4.78 is 13.9. The summed E-state index contributed by atoms with van der Waals surface area (Å²) in [5.74, 6) is 0.969. The fourth-order valence-corrected chi connectivity index (χ4v) is 3.14. The second-order valence-electron chi connectivity index (χ2n) is 6.77. The van der Waals surface area contributed by atoms with E-state index in [1.165, 1.54) is 9.13 Å². The predicted molar refractivity (Wildman–Crippen MR) is 104 cm³/mol. The highest BCUT2D eigenvalue weighted by Crippen LogP contribution is 2.29. The van der Waals surface area contributed by atoms with Crippen LogP contribution in [-0.4, -0.2) is 25.9 Å². The molecule has 4 aromatic rings. The van der Waals surface area contributed by atoms with Crippen molar-refractivity contribution in [2.75, 3.05) is 12.3 Å². The number of nitrogens with zero attached hydrogens (tertiary/aromatic N) is 4. The molecule has 3 heterocycles. The Morgan fingerprint density at radius 2 is 2.07 bits per heavy atom. The van der Waals surface area contributed by atoms with E-state index in [9.17, 15) is 4.79 Å². The molecule has 0 saturated heterocycles. The summed E-state index contributed by atoms with van der Waals surface area (Å²) in [6, 6.07) is 5.17. The number of hydrogen-bond acceptors (Lipinski definition) is 6. The lowest BCUT2D eigenvalue weighted by molar-refractivity contribution is 0.261. The molecule has 9 heteroatoms. The zero-order chi connectivity index (χ0) is 19.3. The molecule has 140 valence electrons. The minimum atomic E-state index is -0.238. The molecule has 0 spiro atoms. The smallest absolute Gasteiger partial charge is 0.333 e. The highest BCUT2D eigenvalue weighted by Gasteiger charge is 2.18. The third kappa shape index (κ3) is 2.82. The molecule has 0 saturated carbocycles. The molecule has 3 aromatic heterocycles. The second-order valence-corrected chi connectivity index (χ2v) is 7.17. The maximum absolute atomic E-state index is 12.8. The van der Waals surface area contributed by atoms with Crippen LogP contribution in [0.25, 0.3) is 27.7 Å². The summed E-state index contributed by atoms with van der Waals surface area (Å²) >= 11 is 6.32. The van der Waals surface area contributed by atoms with E-state index < -0.39 is 0 Å². The van der Waals surface area contributed by atoms with Gasteiger partial charge in [0, 0.05) is 13.1 Å². The molecule has 0 radical (unpaired) electrons. The number of anilines is 1. The number of aryl methyl sites for hydroxylation is 1. The lowest BCUT2D eigenvalue weighted by Gasteiger charge is -2.10. The van der Waals surface area contributed by atoms with E-state index in [1.807, 2.05) is 13.8 Å². The van der Waals surface area contributed by atoms with E-state index >= 15 is 0 Å². The summed E-state index contributed by atoms with van der Waals surface area (Å²) in [7, 11) is 1.69. The fraction of sp³-hybridized carbons (Fsp3) is 0.278. The molecule has 0 atom stereocenters. The summed E-state index contributed by atoms with van der Waals surface area (Å²) in [5, 5.41) is 4.76. The maximum atomic E-state index is 12.8. The molecule has 2 N–H and O–H groups in total. The van der Waals surface area contributed by atoms with Crippen LogP contribution in [0.5, 0.6) is 5.88 Å². The molecule has 0 aliphatic heterocycles. The van der Waals surface area contributed by atoms with Gasteiger partial charge in [0.1, 0.15) is 5.02 Å². The second kappa shape index (κ2) is 6.31. The molecule has 0 aliphatic carbocycles. The van der Waals surface area contributed by atoms with Gasteiger partial charge in [0.25, 0.3) is 0 Å². The van der Waals surface area contributed by atoms with Crippen LogP contribution in [0.4, 0.5) is 5.82 Å². The maximum Gasteiger partial charge on any atom is 0.333 e. The number of fused-ring (bicyclic) bond motifs is 2. The topological polar surface area (TPSA) is 101 Å². The normalized spacial score (nSPS) is 11.7. The van der Waals surface area contributed by atoms with E-state index in [1.54, 1.807) is 31.4 Å². The zero-order valence-corrected chi connectivity index (χ0v) is 15.8. The van der Waals surface area contributed by atoms with Crippen molar-refractivity contribution in [2.45, 2.75) is 13.8 Å². The van der Waals surface area contributed by atoms with Crippen LogP contribution >= 0.6 is 11.6 Å². The number of aromatic nitrogens is 4. The fourth-order valence-electron chi connectivity index (χ4n) is 2.92. The van der Waals surface area contributed by atoms with Crippen molar-refractivity contribution in [2.24, 2.45) is 13.0 Å². The van der Waals surface area contributed by atoms with E-state index in [2.05, 4.69) is 10.1 Å². The number of hydrogen-bond donors (Lipinski definition) is 1. The Morgan fingerprint density at radius 1 is 1.30 bits per heavy atom. The van der Waals surface area contributed by atoms with Crippen LogP contribution in [0.2, 0.25) is 5.02 Å². The van der Waals surface area contributed by atoms with Crippen molar-refractivity contribution in [3.63, 3.8) is 0 Å². The number of rotatable bonds is 4. The molecule has 4 rings (SSSR count). The number of imidazole rings is 1. The number of benzene rings is 1. The number of nitrogen functional groups attached to an aromatic ring is 1. The van der Waals surface area contributed by atoms with Gasteiger partial charge in [0.05, 0.1) is 34.9 Å². The first-order chi connectivity index (χ1) is 12.9. The SMILES string of the molecule is CC(C)COc1ncc(-n2c(=O)n(C)c3cc4c(N)noc4cc32)cc1Cl. The standard InChI is InChI=1S/C18H18ClN5O3/c1-9(2)8-26-17-12(19)4-10(7-21-17)24-14-6-15-11(16(20)22-27-15)5-13(14)23(3)18(24)25/h4-7,9H,8H2,1-3H3,(H2,20,22). The Kier molecular flexibility index (Phi) is 4.07. The van der Waals surface area contributed by atoms with Crippen LogP contribution in [0.15, 0.2) is 33.7 Å². The minimum absolute atomic E-state index is 0.238. The van der Waals surface area contributed by atoms with Gasteiger partial charge in [-0.3, -0.25) is 9.13 Å². The number of nitrogens with two attached hydrogens (primary N) is 1. The predicted octanol–water partition coefficient (Wildman–Crippen LogP) is 3.14. The molecule has 0 fully saturated rings. The summed E-state index contributed by atoms with van der Waals surface area (Å²) in [6.07, 6.45) is 1.56. The third-order valence-corrected chi connectivity index (χ3v) is 4.55. The van der Waals surface area contributed by atoms with Gasteiger partial charge in [-0.25, -0.2) is 9.78 Å². The van der Waals surface area contributed by atoms with Crippen molar-refractivity contribution >= 4 is 39.4 Å². The summed E-state index contributed by atoms with van der Waals surface area (Å²) in [6.45, 7) is 4.58. The van der Waals surface area contributed by atoms with Crippen LogP contribution in [0.1, 0.15) is 13.8 Å². The number of halogens is 1. The van der Waals surface area contributed by atoms with Gasteiger partial charge >= 0.3 is 5.69 Å². The Bertz CT molecular complexity index is 1220. The van der Waals surface area contributed by atoms with Crippen LogP contribution in [-0.2, 0) is 7.05 Å². The molecular weight excluding hydrogens is 370 g/mol. The Morgan fingerprint density at radius 3 is 2.78 bits per heavy atom.